The van der Waals surface area contributed by atoms with Crippen molar-refractivity contribution in [2.75, 3.05) is 25.5 Å². The Balaban J connectivity index is 2.45. The topological polar surface area (TPSA) is 15.3 Å². The average Bonchev–Trinajstić information content (AvgIpc) is 2.45. The van der Waals surface area contributed by atoms with Crippen LogP contribution in [0, 0.1) is 13.8 Å². The summed E-state index contributed by atoms with van der Waals surface area (Å²) in [6, 6.07) is 15.7. The van der Waals surface area contributed by atoms with E-state index >= 15 is 0 Å². The van der Waals surface area contributed by atoms with E-state index in [1.54, 1.807) is 0 Å². The molecule has 2 aromatic rings. The van der Waals surface area contributed by atoms with Gasteiger partial charge in [0, 0.05) is 19.8 Å². The smallest absolute Gasteiger partial charge is 0.0580 e. The fourth-order valence-corrected chi connectivity index (χ4v) is 2.74. The standard InChI is InChI=1S/C19H26N2/c1-6-20-19(18-11-10-14(2)12-15(18)3)16-8-7-9-17(13-16)21(4)5/h7-13,19-20H,6H2,1-5H3. The molecular formula is C19H26N2. The molecule has 1 atom stereocenters. The molecule has 0 bridgehead atoms. The van der Waals surface area contributed by atoms with E-state index in [4.69, 9.17) is 0 Å². The van der Waals surface area contributed by atoms with Gasteiger partial charge in [-0.15, -0.1) is 0 Å². The summed E-state index contributed by atoms with van der Waals surface area (Å²) in [7, 11) is 4.16. The van der Waals surface area contributed by atoms with Gasteiger partial charge < -0.3 is 10.2 Å². The molecule has 0 amide bonds. The van der Waals surface area contributed by atoms with Crippen LogP contribution in [0.3, 0.4) is 0 Å². The Labute approximate surface area is 128 Å². The summed E-state index contributed by atoms with van der Waals surface area (Å²) < 4.78 is 0. The maximum atomic E-state index is 3.62. The number of hydrogen-bond donors (Lipinski definition) is 1. The fraction of sp³-hybridized carbons (Fsp3) is 0.368. The Morgan fingerprint density at radius 1 is 1.05 bits per heavy atom. The predicted molar refractivity (Wildman–Crippen MR) is 92.2 cm³/mol. The quantitative estimate of drug-likeness (QED) is 0.889. The molecule has 21 heavy (non-hydrogen) atoms. The summed E-state index contributed by atoms with van der Waals surface area (Å²) >= 11 is 0. The van der Waals surface area contributed by atoms with Crippen LogP contribution in [0.1, 0.15) is 35.2 Å². The van der Waals surface area contributed by atoms with Gasteiger partial charge in [0.05, 0.1) is 6.04 Å². The highest BCUT2D eigenvalue weighted by molar-refractivity contribution is 5.50. The van der Waals surface area contributed by atoms with Crippen LogP contribution in [0.2, 0.25) is 0 Å². The molecule has 0 aliphatic heterocycles. The Morgan fingerprint density at radius 2 is 1.81 bits per heavy atom. The maximum Gasteiger partial charge on any atom is 0.0580 e. The zero-order valence-corrected chi connectivity index (χ0v) is 13.8. The number of nitrogens with one attached hydrogen (secondary N) is 1. The van der Waals surface area contributed by atoms with Crippen molar-refractivity contribution in [3.63, 3.8) is 0 Å². The molecule has 0 aliphatic carbocycles. The van der Waals surface area contributed by atoms with Crippen LogP contribution in [0.4, 0.5) is 5.69 Å². The van der Waals surface area contributed by atoms with E-state index in [1.165, 1.54) is 27.9 Å². The lowest BCUT2D eigenvalue weighted by molar-refractivity contribution is 0.627. The monoisotopic (exact) mass is 282 g/mol. The summed E-state index contributed by atoms with van der Waals surface area (Å²) in [5.41, 5.74) is 6.57. The van der Waals surface area contributed by atoms with E-state index in [0.717, 1.165) is 6.54 Å². The first-order valence-corrected chi connectivity index (χ1v) is 7.60. The minimum absolute atomic E-state index is 0.246. The van der Waals surface area contributed by atoms with Crippen molar-refractivity contribution < 1.29 is 0 Å². The van der Waals surface area contributed by atoms with Gasteiger partial charge in [0.1, 0.15) is 0 Å². The highest BCUT2D eigenvalue weighted by Gasteiger charge is 2.15. The van der Waals surface area contributed by atoms with Crippen molar-refractivity contribution in [1.29, 1.82) is 0 Å². The molecule has 0 aliphatic rings. The second-order valence-corrected chi connectivity index (χ2v) is 5.84. The Hall–Kier alpha value is -1.80. The van der Waals surface area contributed by atoms with Gasteiger partial charge in [-0.05, 0) is 49.2 Å². The predicted octanol–water partition coefficient (Wildman–Crippen LogP) is 4.07. The lowest BCUT2D eigenvalue weighted by Gasteiger charge is -2.23. The molecule has 0 fully saturated rings. The second kappa shape index (κ2) is 6.77. The lowest BCUT2D eigenvalue weighted by atomic mass is 9.93. The van der Waals surface area contributed by atoms with E-state index in [0.29, 0.717) is 0 Å². The largest absolute Gasteiger partial charge is 0.378 e. The number of nitrogens with zero attached hydrogens (tertiary/aromatic N) is 1. The van der Waals surface area contributed by atoms with Crippen LogP contribution in [0.5, 0.6) is 0 Å². The summed E-state index contributed by atoms with van der Waals surface area (Å²) in [5, 5.41) is 3.62. The third-order valence-electron chi connectivity index (χ3n) is 3.86. The van der Waals surface area contributed by atoms with Crippen LogP contribution in [-0.2, 0) is 0 Å². The number of benzene rings is 2. The highest BCUT2D eigenvalue weighted by atomic mass is 15.1. The third-order valence-corrected chi connectivity index (χ3v) is 3.86. The van der Waals surface area contributed by atoms with Crippen LogP contribution in [0.15, 0.2) is 42.5 Å². The van der Waals surface area contributed by atoms with E-state index in [-0.39, 0.29) is 6.04 Å². The van der Waals surface area contributed by atoms with Crippen molar-refractivity contribution in [1.82, 2.24) is 5.32 Å². The maximum absolute atomic E-state index is 3.62. The molecule has 2 aromatic carbocycles. The molecule has 2 heteroatoms. The van der Waals surface area contributed by atoms with Crippen molar-refractivity contribution in [2.45, 2.75) is 26.8 Å². The minimum atomic E-state index is 0.246. The summed E-state index contributed by atoms with van der Waals surface area (Å²) in [6.07, 6.45) is 0. The van der Waals surface area contributed by atoms with Crippen LogP contribution >= 0.6 is 0 Å². The lowest BCUT2D eigenvalue weighted by Crippen LogP contribution is -2.23. The molecule has 1 N–H and O–H groups in total. The van der Waals surface area contributed by atoms with Gasteiger partial charge in [-0.2, -0.15) is 0 Å². The van der Waals surface area contributed by atoms with Gasteiger partial charge in [-0.1, -0.05) is 42.8 Å². The molecule has 0 aromatic heterocycles. The molecule has 0 heterocycles. The second-order valence-electron chi connectivity index (χ2n) is 5.84. The molecule has 2 nitrogen and oxygen atoms in total. The van der Waals surface area contributed by atoms with Crippen molar-refractivity contribution in [3.8, 4) is 0 Å². The number of anilines is 1. The Morgan fingerprint density at radius 3 is 2.43 bits per heavy atom. The zero-order valence-electron chi connectivity index (χ0n) is 13.8. The van der Waals surface area contributed by atoms with Gasteiger partial charge in [0.25, 0.3) is 0 Å². The molecule has 0 saturated heterocycles. The van der Waals surface area contributed by atoms with E-state index in [1.807, 2.05) is 0 Å². The van der Waals surface area contributed by atoms with Gasteiger partial charge in [-0.3, -0.25) is 0 Å². The van der Waals surface area contributed by atoms with E-state index < -0.39 is 0 Å². The van der Waals surface area contributed by atoms with Crippen LogP contribution in [0.25, 0.3) is 0 Å². The number of aryl methyl sites for hydroxylation is 2. The summed E-state index contributed by atoms with van der Waals surface area (Å²) in [5.74, 6) is 0. The third kappa shape index (κ3) is 3.64. The molecule has 0 radical (unpaired) electrons. The van der Waals surface area contributed by atoms with Gasteiger partial charge in [-0.25, -0.2) is 0 Å². The van der Waals surface area contributed by atoms with Crippen LogP contribution < -0.4 is 10.2 Å². The molecule has 0 saturated carbocycles. The molecule has 2 rings (SSSR count). The minimum Gasteiger partial charge on any atom is -0.378 e. The normalized spacial score (nSPS) is 12.2. The molecule has 0 spiro atoms. The first kappa shape index (κ1) is 15.6. The first-order chi connectivity index (χ1) is 10.0. The summed E-state index contributed by atoms with van der Waals surface area (Å²) in [6.45, 7) is 7.45. The van der Waals surface area contributed by atoms with Gasteiger partial charge >= 0.3 is 0 Å². The molecule has 1 unspecified atom stereocenters. The fourth-order valence-electron chi connectivity index (χ4n) is 2.74. The van der Waals surface area contributed by atoms with Crippen molar-refractivity contribution in [2.24, 2.45) is 0 Å². The first-order valence-electron chi connectivity index (χ1n) is 7.60. The zero-order chi connectivity index (χ0) is 15.4. The molecule has 112 valence electrons. The average molecular weight is 282 g/mol. The van der Waals surface area contributed by atoms with Gasteiger partial charge in [0.2, 0.25) is 0 Å². The van der Waals surface area contributed by atoms with Crippen molar-refractivity contribution in [3.05, 3.63) is 64.7 Å². The van der Waals surface area contributed by atoms with Crippen LogP contribution in [-0.4, -0.2) is 20.6 Å². The molecular weight excluding hydrogens is 256 g/mol. The SMILES string of the molecule is CCNC(c1cccc(N(C)C)c1)c1ccc(C)cc1C. The van der Waals surface area contributed by atoms with Gasteiger partial charge in [0.15, 0.2) is 0 Å². The summed E-state index contributed by atoms with van der Waals surface area (Å²) in [4.78, 5) is 2.15. The Bertz CT molecular complexity index is 602. The Kier molecular flexibility index (Phi) is 5.03. The van der Waals surface area contributed by atoms with Crippen molar-refractivity contribution >= 4 is 5.69 Å². The number of hydrogen-bond acceptors (Lipinski definition) is 2. The van der Waals surface area contributed by atoms with E-state index in [9.17, 15) is 0 Å². The van der Waals surface area contributed by atoms with E-state index in [2.05, 4.69) is 87.5 Å². The highest BCUT2D eigenvalue weighted by Crippen LogP contribution is 2.27. The number of rotatable bonds is 5.